The van der Waals surface area contributed by atoms with Crippen molar-refractivity contribution >= 4 is 21.6 Å². The highest BCUT2D eigenvalue weighted by atomic mass is 32.2. The van der Waals surface area contributed by atoms with Gasteiger partial charge < -0.3 is 9.64 Å². The fourth-order valence-electron chi connectivity index (χ4n) is 2.71. The molecule has 1 fully saturated rings. The molecule has 0 aromatic heterocycles. The van der Waals surface area contributed by atoms with Gasteiger partial charge >= 0.3 is 0 Å². The van der Waals surface area contributed by atoms with Gasteiger partial charge in [0.2, 0.25) is 15.9 Å². The third kappa shape index (κ3) is 5.08. The summed E-state index contributed by atoms with van der Waals surface area (Å²) in [5, 5.41) is 0. The molecular weight excluding hydrogens is 364 g/mol. The van der Waals surface area contributed by atoms with Crippen LogP contribution in [0.25, 0.3) is 0 Å². The number of amides is 1. The van der Waals surface area contributed by atoms with Gasteiger partial charge in [0.05, 0.1) is 12.0 Å². The van der Waals surface area contributed by atoms with Gasteiger partial charge in [-0.15, -0.1) is 0 Å². The SMILES string of the molecule is COc1cccc(N(C)C(=O)CCc2ccc(S(=O)(=O)NC3CC3)cc2)c1. The molecule has 1 amide bonds. The highest BCUT2D eigenvalue weighted by molar-refractivity contribution is 7.89. The zero-order valence-electron chi connectivity index (χ0n) is 15.5. The van der Waals surface area contributed by atoms with Crippen molar-refractivity contribution in [2.75, 3.05) is 19.1 Å². The zero-order chi connectivity index (χ0) is 19.4. The average molecular weight is 388 g/mol. The lowest BCUT2D eigenvalue weighted by molar-refractivity contribution is -0.118. The molecule has 3 rings (SSSR count). The second kappa shape index (κ2) is 8.10. The Balaban J connectivity index is 1.58. The van der Waals surface area contributed by atoms with E-state index in [1.165, 1.54) is 0 Å². The molecule has 1 aliphatic carbocycles. The number of hydrogen-bond donors (Lipinski definition) is 1. The quantitative estimate of drug-likeness (QED) is 0.754. The highest BCUT2D eigenvalue weighted by Gasteiger charge is 2.27. The van der Waals surface area contributed by atoms with E-state index in [0.29, 0.717) is 18.6 Å². The predicted octanol–water partition coefficient (Wildman–Crippen LogP) is 2.73. The third-order valence-corrected chi connectivity index (χ3v) is 6.11. The van der Waals surface area contributed by atoms with Crippen molar-refractivity contribution < 1.29 is 17.9 Å². The monoisotopic (exact) mass is 388 g/mol. The van der Waals surface area contributed by atoms with Crippen molar-refractivity contribution in [2.45, 2.75) is 36.6 Å². The number of sulfonamides is 1. The van der Waals surface area contributed by atoms with E-state index in [2.05, 4.69) is 4.72 Å². The smallest absolute Gasteiger partial charge is 0.240 e. The molecule has 2 aromatic rings. The van der Waals surface area contributed by atoms with Crippen molar-refractivity contribution in [1.29, 1.82) is 0 Å². The molecular formula is C20H24N2O4S. The molecule has 0 unspecified atom stereocenters. The summed E-state index contributed by atoms with van der Waals surface area (Å²) < 4.78 is 32.2. The fourth-order valence-corrected chi connectivity index (χ4v) is 4.01. The molecule has 2 aromatic carbocycles. The minimum absolute atomic E-state index is 0.0182. The van der Waals surface area contributed by atoms with Gasteiger partial charge in [-0.25, -0.2) is 13.1 Å². The van der Waals surface area contributed by atoms with Crippen LogP contribution in [0.3, 0.4) is 0 Å². The molecule has 144 valence electrons. The zero-order valence-corrected chi connectivity index (χ0v) is 16.3. The Kier molecular flexibility index (Phi) is 5.82. The molecule has 1 N–H and O–H groups in total. The Morgan fingerprint density at radius 2 is 1.89 bits per heavy atom. The van der Waals surface area contributed by atoms with Crippen LogP contribution in [0.2, 0.25) is 0 Å². The van der Waals surface area contributed by atoms with Gasteiger partial charge in [-0.05, 0) is 49.1 Å². The number of hydrogen-bond acceptors (Lipinski definition) is 4. The van der Waals surface area contributed by atoms with Crippen LogP contribution in [0, 0.1) is 0 Å². The van der Waals surface area contributed by atoms with Gasteiger partial charge in [0.15, 0.2) is 0 Å². The second-order valence-electron chi connectivity index (χ2n) is 6.69. The first-order chi connectivity index (χ1) is 12.9. The van der Waals surface area contributed by atoms with Crippen LogP contribution in [-0.4, -0.2) is 34.5 Å². The van der Waals surface area contributed by atoms with E-state index < -0.39 is 10.0 Å². The molecule has 0 heterocycles. The maximum absolute atomic E-state index is 12.5. The van der Waals surface area contributed by atoms with E-state index in [4.69, 9.17) is 4.74 Å². The first kappa shape index (κ1) is 19.4. The normalized spacial score (nSPS) is 14.0. The largest absolute Gasteiger partial charge is 0.497 e. The molecule has 0 saturated heterocycles. The Bertz CT molecular complexity index is 906. The van der Waals surface area contributed by atoms with E-state index in [1.807, 2.05) is 24.3 Å². The van der Waals surface area contributed by atoms with Crippen LogP contribution in [0.5, 0.6) is 5.75 Å². The van der Waals surface area contributed by atoms with Crippen LogP contribution >= 0.6 is 0 Å². The van der Waals surface area contributed by atoms with Crippen molar-refractivity contribution in [2.24, 2.45) is 0 Å². The third-order valence-electron chi connectivity index (χ3n) is 4.58. The topological polar surface area (TPSA) is 75.7 Å². The summed E-state index contributed by atoms with van der Waals surface area (Å²) in [5.74, 6) is 0.680. The molecule has 0 bridgehead atoms. The van der Waals surface area contributed by atoms with Crippen LogP contribution in [-0.2, 0) is 21.2 Å². The van der Waals surface area contributed by atoms with Crippen LogP contribution in [0.1, 0.15) is 24.8 Å². The van der Waals surface area contributed by atoms with Gasteiger partial charge in [-0.2, -0.15) is 0 Å². The molecule has 0 spiro atoms. The summed E-state index contributed by atoms with van der Waals surface area (Å²) in [5.41, 5.74) is 1.69. The lowest BCUT2D eigenvalue weighted by Gasteiger charge is -2.18. The van der Waals surface area contributed by atoms with E-state index in [9.17, 15) is 13.2 Å². The number of rotatable bonds is 8. The Labute approximate surface area is 160 Å². The summed E-state index contributed by atoms with van der Waals surface area (Å²) in [7, 11) is -0.117. The second-order valence-corrected chi connectivity index (χ2v) is 8.41. The number of benzene rings is 2. The van der Waals surface area contributed by atoms with Crippen molar-refractivity contribution in [3.8, 4) is 5.75 Å². The maximum atomic E-state index is 12.5. The standard InChI is InChI=1S/C20H24N2O4S/c1-22(17-4-3-5-18(14-17)26-2)20(23)13-8-15-6-11-19(12-7-15)27(24,25)21-16-9-10-16/h3-7,11-12,14,16,21H,8-10,13H2,1-2H3. The molecule has 0 atom stereocenters. The molecule has 0 radical (unpaired) electrons. The van der Waals surface area contributed by atoms with E-state index in [-0.39, 0.29) is 16.8 Å². The number of aryl methyl sites for hydroxylation is 1. The van der Waals surface area contributed by atoms with Gasteiger partial charge in [0.25, 0.3) is 0 Å². The summed E-state index contributed by atoms with van der Waals surface area (Å²) in [6.45, 7) is 0. The lowest BCUT2D eigenvalue weighted by atomic mass is 10.1. The average Bonchev–Trinajstić information content (AvgIpc) is 3.49. The summed E-state index contributed by atoms with van der Waals surface area (Å²) in [6, 6.07) is 14.1. The molecule has 0 aliphatic heterocycles. The number of carbonyl (C=O) groups excluding carboxylic acids is 1. The number of ether oxygens (including phenoxy) is 1. The number of carbonyl (C=O) groups is 1. The number of anilines is 1. The maximum Gasteiger partial charge on any atom is 0.240 e. The Hall–Kier alpha value is -2.38. The van der Waals surface area contributed by atoms with E-state index >= 15 is 0 Å². The summed E-state index contributed by atoms with van der Waals surface area (Å²) >= 11 is 0. The van der Waals surface area contributed by atoms with Gasteiger partial charge in [-0.1, -0.05) is 18.2 Å². The van der Waals surface area contributed by atoms with Gasteiger partial charge in [-0.3, -0.25) is 4.79 Å². The molecule has 1 saturated carbocycles. The number of nitrogens with zero attached hydrogens (tertiary/aromatic N) is 1. The van der Waals surface area contributed by atoms with Crippen molar-refractivity contribution in [1.82, 2.24) is 4.72 Å². The predicted molar refractivity (Wildman–Crippen MR) is 105 cm³/mol. The fraction of sp³-hybridized carbons (Fsp3) is 0.350. The van der Waals surface area contributed by atoms with Crippen LogP contribution < -0.4 is 14.4 Å². The highest BCUT2D eigenvalue weighted by Crippen LogP contribution is 2.23. The van der Waals surface area contributed by atoms with Crippen LogP contribution in [0.15, 0.2) is 53.4 Å². The van der Waals surface area contributed by atoms with Gasteiger partial charge in [0.1, 0.15) is 5.75 Å². The molecule has 7 heteroatoms. The minimum Gasteiger partial charge on any atom is -0.497 e. The molecule has 27 heavy (non-hydrogen) atoms. The Morgan fingerprint density at radius 1 is 1.19 bits per heavy atom. The first-order valence-electron chi connectivity index (χ1n) is 8.91. The van der Waals surface area contributed by atoms with Gasteiger partial charge in [0, 0.05) is 31.3 Å². The number of nitrogens with one attached hydrogen (secondary N) is 1. The minimum atomic E-state index is -3.44. The lowest BCUT2D eigenvalue weighted by Crippen LogP contribution is -2.26. The number of methoxy groups -OCH3 is 1. The van der Waals surface area contributed by atoms with Crippen LogP contribution in [0.4, 0.5) is 5.69 Å². The molecule has 6 nitrogen and oxygen atoms in total. The van der Waals surface area contributed by atoms with E-state index in [0.717, 1.165) is 24.1 Å². The summed E-state index contributed by atoms with van der Waals surface area (Å²) in [4.78, 5) is 14.3. The first-order valence-corrected chi connectivity index (χ1v) is 10.4. The Morgan fingerprint density at radius 3 is 2.52 bits per heavy atom. The van der Waals surface area contributed by atoms with Crippen molar-refractivity contribution in [3.05, 3.63) is 54.1 Å². The molecule has 1 aliphatic rings. The summed E-state index contributed by atoms with van der Waals surface area (Å²) in [6.07, 6.45) is 2.68. The van der Waals surface area contributed by atoms with Crippen molar-refractivity contribution in [3.63, 3.8) is 0 Å². The van der Waals surface area contributed by atoms with E-state index in [1.54, 1.807) is 43.3 Å².